The van der Waals surface area contributed by atoms with Gasteiger partial charge < -0.3 is 5.73 Å². The summed E-state index contributed by atoms with van der Waals surface area (Å²) >= 11 is 0. The van der Waals surface area contributed by atoms with Crippen LogP contribution in [0.2, 0.25) is 0 Å². The first-order valence-corrected chi connectivity index (χ1v) is 6.22. The lowest BCUT2D eigenvalue weighted by Gasteiger charge is -2.14. The molecule has 1 fully saturated rings. The van der Waals surface area contributed by atoms with Crippen LogP contribution in [0.25, 0.3) is 0 Å². The van der Waals surface area contributed by atoms with Gasteiger partial charge in [0.1, 0.15) is 0 Å². The zero-order chi connectivity index (χ0) is 11.9. The van der Waals surface area contributed by atoms with Crippen LogP contribution in [-0.4, -0.2) is 6.04 Å². The zero-order valence-corrected chi connectivity index (χ0v) is 10.9. The van der Waals surface area contributed by atoms with Gasteiger partial charge in [0.05, 0.1) is 0 Å². The summed E-state index contributed by atoms with van der Waals surface area (Å²) in [6.07, 6.45) is 2.31. The first kappa shape index (κ1) is 11.7. The highest BCUT2D eigenvalue weighted by atomic mass is 14.7. The van der Waals surface area contributed by atoms with Gasteiger partial charge in [-0.3, -0.25) is 0 Å². The summed E-state index contributed by atoms with van der Waals surface area (Å²) in [5.41, 5.74) is 10.9. The van der Waals surface area contributed by atoms with Crippen molar-refractivity contribution in [3.05, 3.63) is 34.9 Å². The molecule has 0 heterocycles. The van der Waals surface area contributed by atoms with Crippen molar-refractivity contribution < 1.29 is 0 Å². The number of hydrogen-bond donors (Lipinski definition) is 1. The summed E-state index contributed by atoms with van der Waals surface area (Å²) < 4.78 is 0. The summed E-state index contributed by atoms with van der Waals surface area (Å²) in [5.74, 6) is 0.717. The normalized spacial score (nSPS) is 24.2. The average molecular weight is 217 g/mol. The first-order chi connectivity index (χ1) is 7.40. The Balaban J connectivity index is 2.02. The van der Waals surface area contributed by atoms with Gasteiger partial charge in [-0.15, -0.1) is 0 Å². The molecule has 1 aliphatic rings. The molecule has 2 unspecified atom stereocenters. The molecular weight excluding hydrogens is 194 g/mol. The van der Waals surface area contributed by atoms with Gasteiger partial charge in [-0.1, -0.05) is 32.0 Å². The quantitative estimate of drug-likeness (QED) is 0.826. The molecule has 88 valence electrons. The van der Waals surface area contributed by atoms with Gasteiger partial charge in [0.2, 0.25) is 0 Å². The molecular formula is C15H23N. The summed E-state index contributed by atoms with van der Waals surface area (Å²) in [6.45, 7) is 8.96. The fourth-order valence-corrected chi connectivity index (χ4v) is 2.58. The SMILES string of the molecule is Cc1ccc(CC(N)C2CC2(C)C)cc1C. The van der Waals surface area contributed by atoms with Gasteiger partial charge in [0, 0.05) is 6.04 Å². The third-order valence-electron chi connectivity index (χ3n) is 4.15. The summed E-state index contributed by atoms with van der Waals surface area (Å²) in [4.78, 5) is 0. The molecule has 0 aliphatic heterocycles. The molecule has 1 aromatic rings. The van der Waals surface area contributed by atoms with Gasteiger partial charge in [0.25, 0.3) is 0 Å². The van der Waals surface area contributed by atoms with E-state index in [1.165, 1.54) is 23.1 Å². The number of nitrogens with two attached hydrogens (primary N) is 1. The second kappa shape index (κ2) is 3.89. The van der Waals surface area contributed by atoms with Crippen LogP contribution in [0, 0.1) is 25.2 Å². The van der Waals surface area contributed by atoms with Crippen molar-refractivity contribution in [1.29, 1.82) is 0 Å². The number of rotatable bonds is 3. The average Bonchev–Trinajstić information content (AvgIpc) is 2.82. The zero-order valence-electron chi connectivity index (χ0n) is 10.9. The third-order valence-corrected chi connectivity index (χ3v) is 4.15. The highest BCUT2D eigenvalue weighted by Gasteiger charge is 2.48. The third kappa shape index (κ3) is 2.30. The lowest BCUT2D eigenvalue weighted by atomic mass is 9.96. The number of benzene rings is 1. The van der Waals surface area contributed by atoms with Crippen molar-refractivity contribution in [2.24, 2.45) is 17.1 Å². The fourth-order valence-electron chi connectivity index (χ4n) is 2.58. The molecule has 0 spiro atoms. The minimum atomic E-state index is 0.331. The molecule has 1 saturated carbocycles. The highest BCUT2D eigenvalue weighted by Crippen LogP contribution is 2.53. The molecule has 0 aromatic heterocycles. The van der Waals surface area contributed by atoms with Crippen molar-refractivity contribution in [3.8, 4) is 0 Å². The maximum atomic E-state index is 6.27. The molecule has 16 heavy (non-hydrogen) atoms. The Kier molecular flexibility index (Phi) is 2.83. The van der Waals surface area contributed by atoms with Gasteiger partial charge in [-0.05, 0) is 54.7 Å². The van der Waals surface area contributed by atoms with E-state index in [1.54, 1.807) is 0 Å². The minimum absolute atomic E-state index is 0.331. The van der Waals surface area contributed by atoms with Gasteiger partial charge >= 0.3 is 0 Å². The fraction of sp³-hybridized carbons (Fsp3) is 0.600. The Labute approximate surface area is 99.0 Å². The van der Waals surface area contributed by atoms with Gasteiger partial charge in [-0.2, -0.15) is 0 Å². The van der Waals surface area contributed by atoms with Crippen molar-refractivity contribution in [3.63, 3.8) is 0 Å². The van der Waals surface area contributed by atoms with E-state index < -0.39 is 0 Å². The molecule has 1 heteroatoms. The van der Waals surface area contributed by atoms with E-state index in [0.717, 1.165) is 6.42 Å². The number of hydrogen-bond acceptors (Lipinski definition) is 1. The van der Waals surface area contributed by atoms with E-state index in [-0.39, 0.29) is 0 Å². The number of aryl methyl sites for hydroxylation is 2. The lowest BCUT2D eigenvalue weighted by Crippen LogP contribution is -2.27. The Morgan fingerprint density at radius 2 is 1.94 bits per heavy atom. The molecule has 0 bridgehead atoms. The predicted octanol–water partition coefficient (Wildman–Crippen LogP) is 3.22. The summed E-state index contributed by atoms with van der Waals surface area (Å²) in [5, 5.41) is 0. The monoisotopic (exact) mass is 217 g/mol. The molecule has 2 N–H and O–H groups in total. The van der Waals surface area contributed by atoms with Crippen LogP contribution in [-0.2, 0) is 6.42 Å². The summed E-state index contributed by atoms with van der Waals surface area (Å²) in [6, 6.07) is 7.04. The molecule has 1 aromatic carbocycles. The van der Waals surface area contributed by atoms with Crippen LogP contribution in [0.1, 0.15) is 37.0 Å². The van der Waals surface area contributed by atoms with Crippen molar-refractivity contribution >= 4 is 0 Å². The van der Waals surface area contributed by atoms with Crippen LogP contribution in [0.3, 0.4) is 0 Å². The van der Waals surface area contributed by atoms with Crippen molar-refractivity contribution in [2.75, 3.05) is 0 Å². The van der Waals surface area contributed by atoms with E-state index in [2.05, 4.69) is 45.9 Å². The molecule has 2 rings (SSSR count). The van der Waals surface area contributed by atoms with E-state index in [0.29, 0.717) is 17.4 Å². The molecule has 0 saturated heterocycles. The van der Waals surface area contributed by atoms with Crippen LogP contribution < -0.4 is 5.73 Å². The van der Waals surface area contributed by atoms with Crippen LogP contribution in [0.4, 0.5) is 0 Å². The molecule has 0 radical (unpaired) electrons. The van der Waals surface area contributed by atoms with Crippen LogP contribution in [0.15, 0.2) is 18.2 Å². The van der Waals surface area contributed by atoms with E-state index >= 15 is 0 Å². The van der Waals surface area contributed by atoms with Crippen molar-refractivity contribution in [1.82, 2.24) is 0 Å². The largest absolute Gasteiger partial charge is 0.327 e. The first-order valence-electron chi connectivity index (χ1n) is 6.22. The second-order valence-corrected chi connectivity index (χ2v) is 6.09. The molecule has 1 nitrogen and oxygen atoms in total. The van der Waals surface area contributed by atoms with E-state index in [4.69, 9.17) is 5.73 Å². The highest BCUT2D eigenvalue weighted by molar-refractivity contribution is 5.30. The van der Waals surface area contributed by atoms with Gasteiger partial charge in [-0.25, -0.2) is 0 Å². The summed E-state index contributed by atoms with van der Waals surface area (Å²) in [7, 11) is 0. The van der Waals surface area contributed by atoms with Gasteiger partial charge in [0.15, 0.2) is 0 Å². The van der Waals surface area contributed by atoms with Crippen LogP contribution in [0.5, 0.6) is 0 Å². The predicted molar refractivity (Wildman–Crippen MR) is 69.5 cm³/mol. The van der Waals surface area contributed by atoms with E-state index in [9.17, 15) is 0 Å². The van der Waals surface area contributed by atoms with Crippen LogP contribution >= 0.6 is 0 Å². The van der Waals surface area contributed by atoms with E-state index in [1.807, 2.05) is 0 Å². The maximum absolute atomic E-state index is 6.27. The molecule has 2 atom stereocenters. The lowest BCUT2D eigenvalue weighted by molar-refractivity contribution is 0.476. The minimum Gasteiger partial charge on any atom is -0.327 e. The standard InChI is InChI=1S/C15H23N/c1-10-5-6-12(7-11(10)2)8-14(16)13-9-15(13,3)4/h5-7,13-14H,8-9,16H2,1-4H3. The Hall–Kier alpha value is -0.820. The topological polar surface area (TPSA) is 26.0 Å². The second-order valence-electron chi connectivity index (χ2n) is 6.09. The Morgan fingerprint density at radius 1 is 1.31 bits per heavy atom. The molecule has 0 amide bonds. The maximum Gasteiger partial charge on any atom is 0.0113 e. The smallest absolute Gasteiger partial charge is 0.0113 e. The molecule has 1 aliphatic carbocycles. The van der Waals surface area contributed by atoms with Crippen molar-refractivity contribution in [2.45, 2.75) is 46.6 Å². The Bertz CT molecular complexity index is 392. The Morgan fingerprint density at radius 3 is 2.44 bits per heavy atom.